The third-order valence-electron chi connectivity index (χ3n) is 6.63. The Bertz CT molecular complexity index is 1530. The quantitative estimate of drug-likeness (QED) is 0.230. The van der Waals surface area contributed by atoms with Gasteiger partial charge < -0.3 is 4.90 Å². The number of rotatable bonds is 8. The molecular weight excluding hydrogens is 473 g/mol. The number of hydrogen-bond acceptors (Lipinski definition) is 5. The van der Waals surface area contributed by atoms with Crippen LogP contribution in [0.1, 0.15) is 26.0 Å². The number of benzene rings is 1. The first kappa shape index (κ1) is 24.2. The molecule has 0 N–H and O–H groups in total. The van der Waals surface area contributed by atoms with Gasteiger partial charge >= 0.3 is 0 Å². The summed E-state index contributed by atoms with van der Waals surface area (Å²) in [6.07, 6.45) is 9.18. The molecule has 0 saturated carbocycles. The predicted molar refractivity (Wildman–Crippen MR) is 145 cm³/mol. The number of hydrogen-bond donors (Lipinski definition) is 0. The van der Waals surface area contributed by atoms with Crippen molar-refractivity contribution < 1.29 is 4.39 Å². The third kappa shape index (κ3) is 4.79. The maximum atomic E-state index is 14.8. The van der Waals surface area contributed by atoms with Crippen molar-refractivity contribution in [3.8, 4) is 22.4 Å². The molecule has 5 nitrogen and oxygen atoms in total. The highest BCUT2D eigenvalue weighted by Gasteiger charge is 2.17. The molecule has 0 aliphatic rings. The molecule has 0 saturated heterocycles. The Hall–Kier alpha value is -3.48. The van der Waals surface area contributed by atoms with E-state index >= 15 is 0 Å². The standard InChI is InChI=1S/C29H27ClFN5/c1-3-36(4-2)14-6-8-27-25-17-32-13-11-20(25)24(18-34-27)22-16-28(23-15-19(30)9-10-26(23)31)35-29-21(22)7-5-12-33-29/h5,7,9-13,15-18H,3-4,6,8,14H2,1-2H3. The van der Waals surface area contributed by atoms with Crippen LogP contribution in [0.3, 0.4) is 0 Å². The van der Waals surface area contributed by atoms with Gasteiger partial charge in [0, 0.05) is 57.4 Å². The summed E-state index contributed by atoms with van der Waals surface area (Å²) in [6.45, 7) is 7.50. The summed E-state index contributed by atoms with van der Waals surface area (Å²) < 4.78 is 14.8. The van der Waals surface area contributed by atoms with Crippen LogP contribution in [0.25, 0.3) is 44.2 Å². The minimum atomic E-state index is -0.385. The Kier molecular flexibility index (Phi) is 7.16. The van der Waals surface area contributed by atoms with E-state index in [0.29, 0.717) is 21.9 Å². The zero-order valence-corrected chi connectivity index (χ0v) is 21.1. The molecule has 4 aromatic heterocycles. The van der Waals surface area contributed by atoms with Crippen LogP contribution in [0.5, 0.6) is 0 Å². The largest absolute Gasteiger partial charge is 0.304 e. The van der Waals surface area contributed by atoms with E-state index in [-0.39, 0.29) is 5.82 Å². The predicted octanol–water partition coefficient (Wildman–Crippen LogP) is 6.97. The lowest BCUT2D eigenvalue weighted by molar-refractivity contribution is 0.300. The molecule has 1 aromatic carbocycles. The monoisotopic (exact) mass is 499 g/mol. The van der Waals surface area contributed by atoms with E-state index in [4.69, 9.17) is 16.6 Å². The highest BCUT2D eigenvalue weighted by atomic mass is 35.5. The molecule has 0 amide bonds. The maximum Gasteiger partial charge on any atom is 0.160 e. The lowest BCUT2D eigenvalue weighted by Crippen LogP contribution is -2.24. The molecule has 0 unspecified atom stereocenters. The second-order valence-electron chi connectivity index (χ2n) is 8.72. The van der Waals surface area contributed by atoms with Gasteiger partial charge in [0.1, 0.15) is 5.82 Å². The van der Waals surface area contributed by atoms with Crippen LogP contribution in [0, 0.1) is 5.82 Å². The van der Waals surface area contributed by atoms with Gasteiger partial charge in [-0.05, 0) is 85.9 Å². The smallest absolute Gasteiger partial charge is 0.160 e. The summed E-state index contributed by atoms with van der Waals surface area (Å²) in [6, 6.07) is 12.3. The number of fused-ring (bicyclic) bond motifs is 2. The minimum absolute atomic E-state index is 0.336. The number of aromatic nitrogens is 4. The van der Waals surface area contributed by atoms with Crippen molar-refractivity contribution in [2.24, 2.45) is 0 Å². The fourth-order valence-electron chi connectivity index (χ4n) is 4.68. The number of halogens is 2. The molecule has 0 spiro atoms. The second-order valence-corrected chi connectivity index (χ2v) is 9.16. The average Bonchev–Trinajstić information content (AvgIpc) is 2.92. The van der Waals surface area contributed by atoms with Gasteiger partial charge in [0.25, 0.3) is 0 Å². The van der Waals surface area contributed by atoms with E-state index in [0.717, 1.165) is 65.5 Å². The summed E-state index contributed by atoms with van der Waals surface area (Å²) in [4.78, 5) is 20.8. The summed E-state index contributed by atoms with van der Waals surface area (Å²) in [5.74, 6) is -0.385. The molecule has 0 atom stereocenters. The Morgan fingerprint density at radius 2 is 1.72 bits per heavy atom. The Morgan fingerprint density at radius 3 is 2.56 bits per heavy atom. The fourth-order valence-corrected chi connectivity index (χ4v) is 4.85. The van der Waals surface area contributed by atoms with Crippen molar-refractivity contribution in [2.45, 2.75) is 26.7 Å². The van der Waals surface area contributed by atoms with Gasteiger partial charge in [-0.25, -0.2) is 14.4 Å². The SMILES string of the molecule is CCN(CC)CCCc1ncc(-c2cc(-c3cc(Cl)ccc3F)nc3ncccc23)c2ccncc12. The third-order valence-corrected chi connectivity index (χ3v) is 6.87. The van der Waals surface area contributed by atoms with E-state index in [2.05, 4.69) is 33.7 Å². The van der Waals surface area contributed by atoms with Crippen LogP contribution >= 0.6 is 11.6 Å². The average molecular weight is 500 g/mol. The first-order valence-corrected chi connectivity index (χ1v) is 12.6. The molecule has 5 aromatic rings. The van der Waals surface area contributed by atoms with Crippen molar-refractivity contribution in [1.29, 1.82) is 0 Å². The first-order valence-electron chi connectivity index (χ1n) is 12.2. The van der Waals surface area contributed by atoms with Gasteiger partial charge in [-0.2, -0.15) is 0 Å². The summed E-state index contributed by atoms with van der Waals surface area (Å²) in [5.41, 5.74) is 4.20. The van der Waals surface area contributed by atoms with Crippen LogP contribution < -0.4 is 0 Å². The lowest BCUT2D eigenvalue weighted by atomic mass is 9.96. The van der Waals surface area contributed by atoms with Crippen LogP contribution in [0.15, 0.2) is 67.3 Å². The molecule has 0 aliphatic heterocycles. The van der Waals surface area contributed by atoms with Gasteiger partial charge in [0.15, 0.2) is 5.65 Å². The lowest BCUT2D eigenvalue weighted by Gasteiger charge is -2.18. The normalized spacial score (nSPS) is 11.6. The molecule has 0 radical (unpaired) electrons. The molecule has 7 heteroatoms. The molecular formula is C29H27ClFN5. The van der Waals surface area contributed by atoms with Crippen LogP contribution in [0.4, 0.5) is 4.39 Å². The summed E-state index contributed by atoms with van der Waals surface area (Å²) in [7, 11) is 0. The van der Waals surface area contributed by atoms with Gasteiger partial charge in [-0.1, -0.05) is 25.4 Å². The van der Waals surface area contributed by atoms with Crippen molar-refractivity contribution in [3.05, 3.63) is 83.8 Å². The second kappa shape index (κ2) is 10.6. The summed E-state index contributed by atoms with van der Waals surface area (Å²) in [5, 5.41) is 3.39. The Balaban J connectivity index is 1.64. The molecule has 36 heavy (non-hydrogen) atoms. The number of aryl methyl sites for hydroxylation is 1. The maximum absolute atomic E-state index is 14.8. The van der Waals surface area contributed by atoms with Crippen molar-refractivity contribution in [3.63, 3.8) is 0 Å². The topological polar surface area (TPSA) is 54.8 Å². The van der Waals surface area contributed by atoms with Gasteiger partial charge in [-0.15, -0.1) is 0 Å². The summed E-state index contributed by atoms with van der Waals surface area (Å²) >= 11 is 6.19. The first-order chi connectivity index (χ1) is 17.6. The Labute approximate surface area is 215 Å². The van der Waals surface area contributed by atoms with Crippen molar-refractivity contribution in [2.75, 3.05) is 19.6 Å². The van der Waals surface area contributed by atoms with Crippen LogP contribution in [-0.4, -0.2) is 44.5 Å². The van der Waals surface area contributed by atoms with Crippen molar-refractivity contribution >= 4 is 33.4 Å². The fraction of sp³-hybridized carbons (Fsp3) is 0.241. The molecule has 0 fully saturated rings. The van der Waals surface area contributed by atoms with E-state index in [1.165, 1.54) is 12.1 Å². The van der Waals surface area contributed by atoms with E-state index in [1.54, 1.807) is 18.5 Å². The molecule has 5 rings (SSSR count). The van der Waals surface area contributed by atoms with Crippen molar-refractivity contribution in [1.82, 2.24) is 24.8 Å². The molecule has 0 bridgehead atoms. The van der Waals surface area contributed by atoms with Gasteiger partial charge in [-0.3, -0.25) is 9.97 Å². The highest BCUT2D eigenvalue weighted by Crippen LogP contribution is 2.36. The van der Waals surface area contributed by atoms with E-state index in [9.17, 15) is 4.39 Å². The minimum Gasteiger partial charge on any atom is -0.304 e. The number of pyridine rings is 4. The van der Waals surface area contributed by atoms with Gasteiger partial charge in [0.05, 0.1) is 5.69 Å². The number of nitrogens with zero attached hydrogens (tertiary/aromatic N) is 5. The zero-order valence-electron chi connectivity index (χ0n) is 20.4. The zero-order chi connectivity index (χ0) is 25.1. The van der Waals surface area contributed by atoms with E-state index in [1.807, 2.05) is 36.7 Å². The molecule has 4 heterocycles. The Morgan fingerprint density at radius 1 is 0.861 bits per heavy atom. The molecule has 182 valence electrons. The van der Waals surface area contributed by atoms with Crippen LogP contribution in [-0.2, 0) is 6.42 Å². The molecule has 0 aliphatic carbocycles. The van der Waals surface area contributed by atoms with Crippen LogP contribution in [0.2, 0.25) is 5.02 Å². The highest BCUT2D eigenvalue weighted by molar-refractivity contribution is 6.30. The van der Waals surface area contributed by atoms with Gasteiger partial charge in [0.2, 0.25) is 0 Å². The van der Waals surface area contributed by atoms with E-state index < -0.39 is 0 Å².